The fourth-order valence-corrected chi connectivity index (χ4v) is 3.00. The minimum Gasteiger partial charge on any atom is -0.302 e. The van der Waals surface area contributed by atoms with Crippen molar-refractivity contribution >= 4 is 11.6 Å². The molecular formula is C20H26ClN. The van der Waals surface area contributed by atoms with Crippen LogP contribution in [-0.2, 0) is 12.8 Å². The zero-order valence-electron chi connectivity index (χ0n) is 13.3. The van der Waals surface area contributed by atoms with Gasteiger partial charge in [0.15, 0.2) is 0 Å². The number of benzene rings is 2. The summed E-state index contributed by atoms with van der Waals surface area (Å²) in [5.41, 5.74) is 2.86. The Morgan fingerprint density at radius 3 is 1.50 bits per heavy atom. The smallest absolute Gasteiger partial charge is 0.0351 e. The lowest BCUT2D eigenvalue weighted by atomic mass is 10.1. The van der Waals surface area contributed by atoms with Crippen molar-refractivity contribution in [3.05, 3.63) is 71.8 Å². The summed E-state index contributed by atoms with van der Waals surface area (Å²) in [6.07, 6.45) is 4.70. The Labute approximate surface area is 139 Å². The minimum atomic E-state index is 0.719. The number of halogens is 1. The van der Waals surface area contributed by atoms with Gasteiger partial charge in [-0.2, -0.15) is 0 Å². The highest BCUT2D eigenvalue weighted by Gasteiger charge is 2.04. The van der Waals surface area contributed by atoms with E-state index in [1.165, 1.54) is 24.0 Å². The highest BCUT2D eigenvalue weighted by Crippen LogP contribution is 2.07. The molecule has 0 aliphatic carbocycles. The molecule has 0 aliphatic rings. The molecule has 22 heavy (non-hydrogen) atoms. The second-order valence-electron chi connectivity index (χ2n) is 5.71. The highest BCUT2D eigenvalue weighted by molar-refractivity contribution is 6.18. The van der Waals surface area contributed by atoms with Crippen LogP contribution in [0.2, 0.25) is 0 Å². The fraction of sp³-hybridized carbons (Fsp3) is 0.400. The van der Waals surface area contributed by atoms with Crippen LogP contribution in [0.5, 0.6) is 0 Å². The molecule has 2 aromatic rings. The number of rotatable bonds is 10. The first-order valence-corrected chi connectivity index (χ1v) is 8.78. The monoisotopic (exact) mass is 315 g/mol. The van der Waals surface area contributed by atoms with Crippen molar-refractivity contribution in [1.82, 2.24) is 4.90 Å². The third-order valence-corrected chi connectivity index (χ3v) is 4.14. The number of aryl methyl sites for hydroxylation is 2. The second-order valence-corrected chi connectivity index (χ2v) is 6.09. The molecule has 2 heteroatoms. The van der Waals surface area contributed by atoms with E-state index in [9.17, 15) is 0 Å². The third kappa shape index (κ3) is 6.64. The molecule has 0 aliphatic heterocycles. The van der Waals surface area contributed by atoms with Crippen molar-refractivity contribution in [1.29, 1.82) is 0 Å². The molecule has 0 bridgehead atoms. The number of hydrogen-bond donors (Lipinski definition) is 0. The molecule has 1 nitrogen and oxygen atoms in total. The van der Waals surface area contributed by atoms with Gasteiger partial charge in [0.2, 0.25) is 0 Å². The Bertz CT molecular complexity index is 452. The maximum Gasteiger partial charge on any atom is 0.0351 e. The lowest BCUT2D eigenvalue weighted by Crippen LogP contribution is -2.28. The summed E-state index contributed by atoms with van der Waals surface area (Å²) in [5.74, 6) is 0.719. The van der Waals surface area contributed by atoms with Crippen molar-refractivity contribution in [3.8, 4) is 0 Å². The summed E-state index contributed by atoms with van der Waals surface area (Å²) in [4.78, 5) is 2.50. The van der Waals surface area contributed by atoms with Crippen LogP contribution >= 0.6 is 11.6 Å². The molecule has 0 N–H and O–H groups in total. The molecule has 0 radical (unpaired) electrons. The molecule has 0 amide bonds. The van der Waals surface area contributed by atoms with Crippen molar-refractivity contribution in [2.45, 2.75) is 25.7 Å². The van der Waals surface area contributed by atoms with E-state index in [-0.39, 0.29) is 0 Å². The van der Waals surface area contributed by atoms with Gasteiger partial charge in [-0.25, -0.2) is 0 Å². The molecule has 2 rings (SSSR count). The molecule has 0 spiro atoms. The Morgan fingerprint density at radius 2 is 1.09 bits per heavy atom. The summed E-state index contributed by atoms with van der Waals surface area (Å²) < 4.78 is 0. The molecule has 2 aromatic carbocycles. The second kappa shape index (κ2) is 10.4. The van der Waals surface area contributed by atoms with Crippen molar-refractivity contribution < 1.29 is 0 Å². The van der Waals surface area contributed by atoms with Crippen molar-refractivity contribution in [2.75, 3.05) is 25.5 Å². The van der Waals surface area contributed by atoms with Crippen LogP contribution in [0.15, 0.2) is 60.7 Å². The minimum absolute atomic E-state index is 0.719. The van der Waals surface area contributed by atoms with Crippen LogP contribution in [-0.4, -0.2) is 30.4 Å². The standard InChI is InChI=1S/C20H26ClN/c21-15-18-22(16-7-13-19-9-3-1-4-10-19)17-8-14-20-11-5-2-6-12-20/h1-6,9-12H,7-8,13-18H2. The summed E-state index contributed by atoms with van der Waals surface area (Å²) in [5, 5.41) is 0. The third-order valence-electron chi connectivity index (χ3n) is 3.97. The molecule has 0 heterocycles. The van der Waals surface area contributed by atoms with Gasteiger partial charge in [0.05, 0.1) is 0 Å². The van der Waals surface area contributed by atoms with Crippen LogP contribution in [0.3, 0.4) is 0 Å². The Balaban J connectivity index is 1.68. The molecule has 118 valence electrons. The molecule has 0 saturated heterocycles. The normalized spacial score (nSPS) is 11.0. The topological polar surface area (TPSA) is 3.24 Å². The van der Waals surface area contributed by atoms with Crippen LogP contribution < -0.4 is 0 Å². The van der Waals surface area contributed by atoms with Gasteiger partial charge in [-0.3, -0.25) is 0 Å². The first-order chi connectivity index (χ1) is 10.9. The van der Waals surface area contributed by atoms with E-state index in [0.717, 1.165) is 38.4 Å². The Morgan fingerprint density at radius 1 is 0.636 bits per heavy atom. The van der Waals surface area contributed by atoms with E-state index < -0.39 is 0 Å². The number of alkyl halides is 1. The van der Waals surface area contributed by atoms with Gasteiger partial charge >= 0.3 is 0 Å². The zero-order chi connectivity index (χ0) is 15.5. The summed E-state index contributed by atoms with van der Waals surface area (Å²) in [6, 6.07) is 21.5. The summed E-state index contributed by atoms with van der Waals surface area (Å²) >= 11 is 5.95. The van der Waals surface area contributed by atoms with E-state index in [1.54, 1.807) is 0 Å². The van der Waals surface area contributed by atoms with Gasteiger partial charge in [0.1, 0.15) is 0 Å². The number of nitrogens with zero attached hydrogens (tertiary/aromatic N) is 1. The molecule has 0 fully saturated rings. The lowest BCUT2D eigenvalue weighted by Gasteiger charge is -2.21. The SMILES string of the molecule is ClCCN(CCCc1ccccc1)CCCc1ccccc1. The van der Waals surface area contributed by atoms with Gasteiger partial charge in [0, 0.05) is 12.4 Å². The molecule has 0 saturated carbocycles. The molecule has 0 aromatic heterocycles. The van der Waals surface area contributed by atoms with Crippen LogP contribution in [0, 0.1) is 0 Å². The highest BCUT2D eigenvalue weighted by atomic mass is 35.5. The van der Waals surface area contributed by atoms with E-state index >= 15 is 0 Å². The average molecular weight is 316 g/mol. The van der Waals surface area contributed by atoms with Gasteiger partial charge in [0.25, 0.3) is 0 Å². The van der Waals surface area contributed by atoms with Crippen LogP contribution in [0.1, 0.15) is 24.0 Å². The van der Waals surface area contributed by atoms with Gasteiger partial charge in [-0.15, -0.1) is 11.6 Å². The summed E-state index contributed by atoms with van der Waals surface area (Å²) in [6.45, 7) is 3.26. The molecule has 0 unspecified atom stereocenters. The Kier molecular flexibility index (Phi) is 8.08. The maximum absolute atomic E-state index is 5.95. The predicted octanol–water partition coefficient (Wildman–Crippen LogP) is 4.79. The summed E-state index contributed by atoms with van der Waals surface area (Å²) in [7, 11) is 0. The van der Waals surface area contributed by atoms with Crippen molar-refractivity contribution in [2.24, 2.45) is 0 Å². The van der Waals surface area contributed by atoms with Crippen LogP contribution in [0.25, 0.3) is 0 Å². The number of hydrogen-bond acceptors (Lipinski definition) is 1. The van der Waals surface area contributed by atoms with E-state index in [1.807, 2.05) is 0 Å². The molecule has 0 atom stereocenters. The predicted molar refractivity (Wildman–Crippen MR) is 96.7 cm³/mol. The quantitative estimate of drug-likeness (QED) is 0.570. The van der Waals surface area contributed by atoms with Gasteiger partial charge in [-0.05, 0) is 49.9 Å². The van der Waals surface area contributed by atoms with E-state index in [2.05, 4.69) is 65.6 Å². The van der Waals surface area contributed by atoms with E-state index in [4.69, 9.17) is 11.6 Å². The zero-order valence-corrected chi connectivity index (χ0v) is 14.0. The fourth-order valence-electron chi connectivity index (χ4n) is 2.76. The maximum atomic E-state index is 5.95. The lowest BCUT2D eigenvalue weighted by molar-refractivity contribution is 0.283. The van der Waals surface area contributed by atoms with Crippen molar-refractivity contribution in [3.63, 3.8) is 0 Å². The largest absolute Gasteiger partial charge is 0.302 e. The van der Waals surface area contributed by atoms with Gasteiger partial charge < -0.3 is 4.90 Å². The van der Waals surface area contributed by atoms with E-state index in [0.29, 0.717) is 0 Å². The Hall–Kier alpha value is -1.31. The van der Waals surface area contributed by atoms with Crippen LogP contribution in [0.4, 0.5) is 0 Å². The average Bonchev–Trinajstić information content (AvgIpc) is 2.57. The van der Waals surface area contributed by atoms with Gasteiger partial charge in [-0.1, -0.05) is 60.7 Å². The molecular weight excluding hydrogens is 290 g/mol. The first kappa shape index (κ1) is 17.1. The first-order valence-electron chi connectivity index (χ1n) is 8.24.